The standard InChI is InChI=1S/C18H14BrN3O2/c19-12-9-5-4-8-11(12)13-14(18(21)24)17(20)22-15(13)16(23)10-6-2-1-3-7-10/h1-9,22H,20H2,(H2,21,24). The second-order valence-corrected chi connectivity index (χ2v) is 6.06. The van der Waals surface area contributed by atoms with Crippen LogP contribution in [0.5, 0.6) is 0 Å². The van der Waals surface area contributed by atoms with E-state index in [0.717, 1.165) is 4.47 Å². The van der Waals surface area contributed by atoms with Gasteiger partial charge in [-0.1, -0.05) is 64.5 Å². The highest BCUT2D eigenvalue weighted by atomic mass is 79.9. The molecular formula is C18H14BrN3O2. The summed E-state index contributed by atoms with van der Waals surface area (Å²) in [6.45, 7) is 0. The Labute approximate surface area is 146 Å². The zero-order chi connectivity index (χ0) is 17.3. The van der Waals surface area contributed by atoms with Gasteiger partial charge in [-0.3, -0.25) is 9.59 Å². The third-order valence-electron chi connectivity index (χ3n) is 3.68. The number of rotatable bonds is 4. The summed E-state index contributed by atoms with van der Waals surface area (Å²) >= 11 is 3.45. The van der Waals surface area contributed by atoms with E-state index in [1.165, 1.54) is 0 Å². The number of carbonyl (C=O) groups excluding carboxylic acids is 2. The van der Waals surface area contributed by atoms with E-state index in [-0.39, 0.29) is 22.9 Å². The Morgan fingerprint density at radius 1 is 0.958 bits per heavy atom. The van der Waals surface area contributed by atoms with E-state index in [0.29, 0.717) is 16.7 Å². The monoisotopic (exact) mass is 383 g/mol. The maximum Gasteiger partial charge on any atom is 0.253 e. The maximum absolute atomic E-state index is 12.9. The van der Waals surface area contributed by atoms with Crippen molar-refractivity contribution in [3.8, 4) is 11.1 Å². The minimum Gasteiger partial charge on any atom is -0.385 e. The van der Waals surface area contributed by atoms with Crippen molar-refractivity contribution in [2.75, 3.05) is 5.73 Å². The highest BCUT2D eigenvalue weighted by molar-refractivity contribution is 9.10. The van der Waals surface area contributed by atoms with Crippen molar-refractivity contribution in [3.05, 3.63) is 75.9 Å². The molecule has 0 spiro atoms. The molecule has 0 bridgehead atoms. The van der Waals surface area contributed by atoms with E-state index >= 15 is 0 Å². The van der Waals surface area contributed by atoms with E-state index in [9.17, 15) is 9.59 Å². The lowest BCUT2D eigenvalue weighted by molar-refractivity contribution is 0.100. The predicted molar refractivity (Wildman–Crippen MR) is 96.7 cm³/mol. The van der Waals surface area contributed by atoms with E-state index in [4.69, 9.17) is 11.5 Å². The Bertz CT molecular complexity index is 933. The highest BCUT2D eigenvalue weighted by Gasteiger charge is 2.26. The number of nitrogens with one attached hydrogen (secondary N) is 1. The van der Waals surface area contributed by atoms with Crippen LogP contribution in [0, 0.1) is 0 Å². The van der Waals surface area contributed by atoms with Crippen LogP contribution in [-0.2, 0) is 0 Å². The molecule has 0 aliphatic heterocycles. The van der Waals surface area contributed by atoms with Crippen molar-refractivity contribution in [3.63, 3.8) is 0 Å². The number of ketones is 1. The van der Waals surface area contributed by atoms with Crippen molar-refractivity contribution in [2.24, 2.45) is 5.73 Å². The second kappa shape index (κ2) is 6.33. The van der Waals surface area contributed by atoms with Crippen LogP contribution in [0.3, 0.4) is 0 Å². The molecule has 0 radical (unpaired) electrons. The lowest BCUT2D eigenvalue weighted by atomic mass is 9.96. The van der Waals surface area contributed by atoms with Crippen LogP contribution in [-0.4, -0.2) is 16.7 Å². The summed E-state index contributed by atoms with van der Waals surface area (Å²) in [4.78, 5) is 27.6. The fourth-order valence-corrected chi connectivity index (χ4v) is 3.10. The molecule has 0 saturated carbocycles. The summed E-state index contributed by atoms with van der Waals surface area (Å²) in [5.74, 6) is -0.880. The normalized spacial score (nSPS) is 10.5. The largest absolute Gasteiger partial charge is 0.385 e. The fourth-order valence-electron chi connectivity index (χ4n) is 2.61. The second-order valence-electron chi connectivity index (χ2n) is 5.20. The zero-order valence-electron chi connectivity index (χ0n) is 12.5. The molecule has 3 aromatic rings. The average Bonchev–Trinajstić information content (AvgIpc) is 2.92. The number of carbonyl (C=O) groups is 2. The first-order valence-electron chi connectivity index (χ1n) is 7.16. The van der Waals surface area contributed by atoms with Gasteiger partial charge in [0.2, 0.25) is 5.78 Å². The van der Waals surface area contributed by atoms with Crippen LogP contribution in [0.4, 0.5) is 5.82 Å². The number of amides is 1. The molecule has 0 fully saturated rings. The summed E-state index contributed by atoms with van der Waals surface area (Å²) in [6.07, 6.45) is 0. The third-order valence-corrected chi connectivity index (χ3v) is 4.37. The Kier molecular flexibility index (Phi) is 4.22. The van der Waals surface area contributed by atoms with Crippen molar-refractivity contribution in [2.45, 2.75) is 0 Å². The summed E-state index contributed by atoms with van der Waals surface area (Å²) in [5.41, 5.74) is 13.3. The molecule has 24 heavy (non-hydrogen) atoms. The quantitative estimate of drug-likeness (QED) is 0.601. The number of aromatic nitrogens is 1. The number of benzene rings is 2. The van der Waals surface area contributed by atoms with Crippen LogP contribution in [0.2, 0.25) is 0 Å². The number of halogens is 1. The van der Waals surface area contributed by atoms with Gasteiger partial charge < -0.3 is 16.5 Å². The van der Waals surface area contributed by atoms with Crippen LogP contribution < -0.4 is 11.5 Å². The van der Waals surface area contributed by atoms with E-state index in [1.54, 1.807) is 30.3 Å². The van der Waals surface area contributed by atoms with Gasteiger partial charge in [0.25, 0.3) is 5.91 Å². The van der Waals surface area contributed by atoms with Gasteiger partial charge in [-0.05, 0) is 11.6 Å². The molecule has 120 valence electrons. The van der Waals surface area contributed by atoms with Gasteiger partial charge in [0.1, 0.15) is 5.82 Å². The number of anilines is 1. The fraction of sp³-hybridized carbons (Fsp3) is 0. The lowest BCUT2D eigenvalue weighted by Gasteiger charge is -2.08. The molecule has 0 unspecified atom stereocenters. The molecule has 1 aromatic heterocycles. The number of aromatic amines is 1. The highest BCUT2D eigenvalue weighted by Crippen LogP contribution is 2.37. The first-order chi connectivity index (χ1) is 11.5. The number of H-pyrrole nitrogens is 1. The van der Waals surface area contributed by atoms with E-state index in [1.807, 2.05) is 24.3 Å². The van der Waals surface area contributed by atoms with Crippen molar-refractivity contribution in [1.82, 2.24) is 4.98 Å². The van der Waals surface area contributed by atoms with Gasteiger partial charge in [0.05, 0.1) is 11.3 Å². The molecular weight excluding hydrogens is 370 g/mol. The van der Waals surface area contributed by atoms with Gasteiger partial charge in [0, 0.05) is 15.6 Å². The van der Waals surface area contributed by atoms with Gasteiger partial charge in [-0.2, -0.15) is 0 Å². The van der Waals surface area contributed by atoms with Crippen molar-refractivity contribution < 1.29 is 9.59 Å². The van der Waals surface area contributed by atoms with Gasteiger partial charge in [-0.25, -0.2) is 0 Å². The molecule has 0 aliphatic carbocycles. The molecule has 5 N–H and O–H groups in total. The number of primary amides is 1. The topological polar surface area (TPSA) is 102 Å². The zero-order valence-corrected chi connectivity index (χ0v) is 14.1. The number of hydrogen-bond acceptors (Lipinski definition) is 3. The Hall–Kier alpha value is -2.86. The first kappa shape index (κ1) is 16.0. The van der Waals surface area contributed by atoms with Crippen LogP contribution in [0.15, 0.2) is 59.1 Å². The Morgan fingerprint density at radius 2 is 1.58 bits per heavy atom. The molecule has 0 aliphatic rings. The minimum atomic E-state index is -0.693. The van der Waals surface area contributed by atoms with Crippen molar-refractivity contribution >= 4 is 33.4 Å². The smallest absolute Gasteiger partial charge is 0.253 e. The Morgan fingerprint density at radius 3 is 2.21 bits per heavy atom. The van der Waals surface area contributed by atoms with E-state index < -0.39 is 5.91 Å². The maximum atomic E-state index is 12.9. The number of nitrogens with two attached hydrogens (primary N) is 2. The summed E-state index contributed by atoms with van der Waals surface area (Å²) < 4.78 is 0.730. The van der Waals surface area contributed by atoms with Gasteiger partial charge >= 0.3 is 0 Å². The molecule has 3 rings (SSSR count). The molecule has 0 saturated heterocycles. The number of nitrogen functional groups attached to an aromatic ring is 1. The van der Waals surface area contributed by atoms with E-state index in [2.05, 4.69) is 20.9 Å². The number of hydrogen-bond donors (Lipinski definition) is 3. The molecule has 2 aromatic carbocycles. The Balaban J connectivity index is 2.28. The first-order valence-corrected chi connectivity index (χ1v) is 7.96. The third kappa shape index (κ3) is 2.72. The molecule has 0 atom stereocenters. The summed E-state index contributed by atoms with van der Waals surface area (Å²) in [5, 5.41) is 0. The van der Waals surface area contributed by atoms with Crippen molar-refractivity contribution in [1.29, 1.82) is 0 Å². The molecule has 1 amide bonds. The lowest BCUT2D eigenvalue weighted by Crippen LogP contribution is -2.13. The average molecular weight is 384 g/mol. The summed E-state index contributed by atoms with van der Waals surface area (Å²) in [7, 11) is 0. The SMILES string of the molecule is NC(=O)c1c(N)[nH]c(C(=O)c2ccccc2)c1-c1ccccc1Br. The molecule has 6 heteroatoms. The van der Waals surface area contributed by atoms with Gasteiger partial charge in [-0.15, -0.1) is 0 Å². The minimum absolute atomic E-state index is 0.0764. The van der Waals surface area contributed by atoms with Gasteiger partial charge in [0.15, 0.2) is 0 Å². The van der Waals surface area contributed by atoms with Crippen LogP contribution >= 0.6 is 15.9 Å². The molecule has 1 heterocycles. The predicted octanol–water partition coefficient (Wildman–Crippen LogP) is 3.36. The molecule has 5 nitrogen and oxygen atoms in total. The van der Waals surface area contributed by atoms with Crippen LogP contribution in [0.1, 0.15) is 26.4 Å². The summed E-state index contributed by atoms with van der Waals surface area (Å²) in [6, 6.07) is 16.0. The van der Waals surface area contributed by atoms with Crippen LogP contribution in [0.25, 0.3) is 11.1 Å².